The molecule has 0 unspecified atom stereocenters. The van der Waals surface area contributed by atoms with Crippen molar-refractivity contribution < 1.29 is 14.3 Å². The van der Waals surface area contributed by atoms with Crippen LogP contribution in [0.3, 0.4) is 0 Å². The minimum atomic E-state index is -0.813. The van der Waals surface area contributed by atoms with Gasteiger partial charge in [-0.25, -0.2) is 9.78 Å². The molecule has 0 spiro atoms. The van der Waals surface area contributed by atoms with E-state index in [1.807, 2.05) is 56.3 Å². The fraction of sp³-hybridized carbons (Fsp3) is 0.231. The van der Waals surface area contributed by atoms with Crippen LogP contribution in [0.2, 0.25) is 0 Å². The third kappa shape index (κ3) is 4.59. The van der Waals surface area contributed by atoms with E-state index in [1.165, 1.54) is 11.8 Å². The van der Waals surface area contributed by atoms with Crippen molar-refractivity contribution >= 4 is 49.8 Å². The Kier molecular flexibility index (Phi) is 6.79. The summed E-state index contributed by atoms with van der Waals surface area (Å²) in [5, 5.41) is 6.87. The number of rotatable bonds is 6. The maximum Gasteiger partial charge on any atom is 0.346 e. The summed E-state index contributed by atoms with van der Waals surface area (Å²) in [5.41, 5.74) is 0.992. The van der Waals surface area contributed by atoms with Gasteiger partial charge in [0.05, 0.1) is 24.2 Å². The summed E-state index contributed by atoms with van der Waals surface area (Å²) < 4.78 is 12.8. The molecule has 8 heteroatoms. The van der Waals surface area contributed by atoms with E-state index in [2.05, 4.69) is 21.0 Å². The first kappa shape index (κ1) is 23.6. The van der Waals surface area contributed by atoms with Gasteiger partial charge in [0.25, 0.3) is 5.56 Å². The van der Waals surface area contributed by atoms with Gasteiger partial charge in [-0.2, -0.15) is 9.78 Å². The monoisotopic (exact) mass is 521 g/mol. The average Bonchev–Trinajstić information content (AvgIpc) is 2.83. The Morgan fingerprint density at radius 3 is 2.59 bits per heavy atom. The molecular formula is C26H24BrN3O4. The number of ether oxygens (including phenoxy) is 2. The van der Waals surface area contributed by atoms with E-state index >= 15 is 0 Å². The van der Waals surface area contributed by atoms with Gasteiger partial charge in [-0.15, -0.1) is 0 Å². The van der Waals surface area contributed by atoms with Crippen LogP contribution >= 0.6 is 15.9 Å². The number of esters is 1. The lowest BCUT2D eigenvalue weighted by Crippen LogP contribution is -2.25. The number of methoxy groups -OCH3 is 1. The summed E-state index contributed by atoms with van der Waals surface area (Å²) in [6.07, 6.45) is 0.771. The molecule has 0 aliphatic carbocycles. The molecule has 0 bridgehead atoms. The minimum Gasteiger partial charge on any atom is -0.478 e. The molecule has 0 aliphatic rings. The van der Waals surface area contributed by atoms with Crippen molar-refractivity contribution in [1.29, 1.82) is 0 Å². The fourth-order valence-electron chi connectivity index (χ4n) is 3.68. The quantitative estimate of drug-likeness (QED) is 0.255. The molecular weight excluding hydrogens is 498 g/mol. The molecule has 7 nitrogen and oxygen atoms in total. The topological polar surface area (TPSA) is 82.8 Å². The van der Waals surface area contributed by atoms with Crippen molar-refractivity contribution in [3.63, 3.8) is 0 Å². The number of benzene rings is 3. The van der Waals surface area contributed by atoms with Crippen LogP contribution in [-0.2, 0) is 9.53 Å². The highest BCUT2D eigenvalue weighted by Crippen LogP contribution is 2.28. The predicted molar refractivity (Wildman–Crippen MR) is 137 cm³/mol. The SMILES string of the molecule is COC(=O)[C@H](C)Oc1ccc2ccccc2c1C=Nn1c(C(C)C)nc2ccc(Br)cc2c1=O. The Morgan fingerprint density at radius 2 is 1.85 bits per heavy atom. The second kappa shape index (κ2) is 9.77. The van der Waals surface area contributed by atoms with Gasteiger partial charge in [-0.05, 0) is 42.0 Å². The highest BCUT2D eigenvalue weighted by atomic mass is 79.9. The molecule has 1 aromatic heterocycles. The van der Waals surface area contributed by atoms with Gasteiger partial charge in [0.15, 0.2) is 6.10 Å². The summed E-state index contributed by atoms with van der Waals surface area (Å²) in [5.74, 6) is 0.469. The van der Waals surface area contributed by atoms with Crippen LogP contribution in [0.5, 0.6) is 5.75 Å². The Bertz CT molecular complexity index is 1480. The predicted octanol–water partition coefficient (Wildman–Crippen LogP) is 5.26. The molecule has 1 atom stereocenters. The lowest BCUT2D eigenvalue weighted by atomic mass is 10.0. The summed E-state index contributed by atoms with van der Waals surface area (Å²) in [7, 11) is 1.32. The van der Waals surface area contributed by atoms with Gasteiger partial charge in [0, 0.05) is 16.0 Å². The smallest absolute Gasteiger partial charge is 0.346 e. The molecule has 174 valence electrons. The van der Waals surface area contributed by atoms with E-state index in [0.29, 0.717) is 28.0 Å². The Morgan fingerprint density at radius 1 is 1.09 bits per heavy atom. The lowest BCUT2D eigenvalue weighted by molar-refractivity contribution is -0.147. The highest BCUT2D eigenvalue weighted by molar-refractivity contribution is 9.10. The largest absolute Gasteiger partial charge is 0.478 e. The third-order valence-electron chi connectivity index (χ3n) is 5.42. The molecule has 34 heavy (non-hydrogen) atoms. The number of nitrogens with zero attached hydrogens (tertiary/aromatic N) is 3. The number of aromatic nitrogens is 2. The van der Waals surface area contributed by atoms with E-state index in [4.69, 9.17) is 14.5 Å². The number of hydrogen-bond donors (Lipinski definition) is 0. The standard InChI is InChI=1S/C26H24BrN3O4/c1-15(2)24-29-22-11-10-18(27)13-20(22)25(31)30(24)28-14-21-19-8-6-5-7-17(19)9-12-23(21)34-16(3)26(32)33-4/h5-16H,1-4H3/t16-/m0/s1. The molecule has 4 aromatic rings. The van der Waals surface area contributed by atoms with Crippen LogP contribution in [-0.4, -0.2) is 35.1 Å². The number of hydrogen-bond acceptors (Lipinski definition) is 6. The molecule has 1 heterocycles. The first-order valence-corrected chi connectivity index (χ1v) is 11.6. The first-order valence-electron chi connectivity index (χ1n) is 10.8. The maximum absolute atomic E-state index is 13.4. The summed E-state index contributed by atoms with van der Waals surface area (Å²) in [4.78, 5) is 30.0. The van der Waals surface area contributed by atoms with Crippen LogP contribution in [0.25, 0.3) is 21.7 Å². The van der Waals surface area contributed by atoms with Crippen LogP contribution in [0, 0.1) is 0 Å². The number of fused-ring (bicyclic) bond motifs is 2. The molecule has 0 N–H and O–H groups in total. The number of carbonyl (C=O) groups excluding carboxylic acids is 1. The minimum absolute atomic E-state index is 0.0412. The van der Waals surface area contributed by atoms with Gasteiger partial charge in [0.2, 0.25) is 0 Å². The van der Waals surface area contributed by atoms with Crippen LogP contribution in [0.15, 0.2) is 69.0 Å². The molecule has 0 aliphatic heterocycles. The molecule has 0 amide bonds. The van der Waals surface area contributed by atoms with Gasteiger partial charge >= 0.3 is 5.97 Å². The molecule has 3 aromatic carbocycles. The molecule has 0 radical (unpaired) electrons. The Hall–Kier alpha value is -3.52. The normalized spacial score (nSPS) is 12.5. The highest BCUT2D eigenvalue weighted by Gasteiger charge is 2.18. The van der Waals surface area contributed by atoms with E-state index in [1.54, 1.807) is 25.3 Å². The number of halogens is 1. The second-order valence-corrected chi connectivity index (χ2v) is 9.05. The van der Waals surface area contributed by atoms with E-state index in [-0.39, 0.29) is 11.5 Å². The Balaban J connectivity index is 1.90. The molecule has 4 rings (SSSR count). The van der Waals surface area contributed by atoms with Crippen molar-refractivity contribution in [3.8, 4) is 5.75 Å². The average molecular weight is 522 g/mol. The van der Waals surface area contributed by atoms with Gasteiger partial charge in [-0.3, -0.25) is 4.79 Å². The summed E-state index contributed by atoms with van der Waals surface area (Å²) in [6.45, 7) is 5.54. The zero-order valence-corrected chi connectivity index (χ0v) is 20.9. The van der Waals surface area contributed by atoms with Gasteiger partial charge < -0.3 is 9.47 Å². The first-order chi connectivity index (χ1) is 16.3. The zero-order chi connectivity index (χ0) is 24.4. The maximum atomic E-state index is 13.4. The van der Waals surface area contributed by atoms with Crippen molar-refractivity contribution in [2.45, 2.75) is 32.8 Å². The van der Waals surface area contributed by atoms with Crippen LogP contribution in [0.1, 0.15) is 38.1 Å². The molecule has 0 saturated heterocycles. The molecule has 0 saturated carbocycles. The number of carbonyl (C=O) groups is 1. The lowest BCUT2D eigenvalue weighted by Gasteiger charge is -2.16. The second-order valence-electron chi connectivity index (χ2n) is 8.13. The van der Waals surface area contributed by atoms with Gasteiger partial charge in [0.1, 0.15) is 11.6 Å². The van der Waals surface area contributed by atoms with E-state index in [0.717, 1.165) is 15.2 Å². The van der Waals surface area contributed by atoms with Crippen LogP contribution < -0.4 is 10.3 Å². The zero-order valence-electron chi connectivity index (χ0n) is 19.3. The summed E-state index contributed by atoms with van der Waals surface area (Å²) >= 11 is 3.42. The molecule has 0 fully saturated rings. The third-order valence-corrected chi connectivity index (χ3v) is 5.91. The summed E-state index contributed by atoms with van der Waals surface area (Å²) in [6, 6.07) is 16.9. The van der Waals surface area contributed by atoms with E-state index < -0.39 is 12.1 Å². The van der Waals surface area contributed by atoms with Crippen molar-refractivity contribution in [2.75, 3.05) is 7.11 Å². The fourth-order valence-corrected chi connectivity index (χ4v) is 4.04. The van der Waals surface area contributed by atoms with E-state index in [9.17, 15) is 9.59 Å². The Labute approximate surface area is 205 Å². The van der Waals surface area contributed by atoms with Crippen LogP contribution in [0.4, 0.5) is 0 Å². The van der Waals surface area contributed by atoms with Crippen molar-refractivity contribution in [3.05, 3.63) is 80.8 Å². The van der Waals surface area contributed by atoms with Crippen molar-refractivity contribution in [2.24, 2.45) is 5.10 Å². The van der Waals surface area contributed by atoms with Gasteiger partial charge in [-0.1, -0.05) is 60.1 Å². The van der Waals surface area contributed by atoms with Crippen molar-refractivity contribution in [1.82, 2.24) is 9.66 Å².